The number of anilines is 2. The van der Waals surface area contributed by atoms with E-state index < -0.39 is 0 Å². The molecule has 3 heterocycles. The van der Waals surface area contributed by atoms with Crippen LogP contribution in [0, 0.1) is 17.3 Å². The fourth-order valence-corrected chi connectivity index (χ4v) is 3.21. The van der Waals surface area contributed by atoms with Crippen LogP contribution in [0.5, 0.6) is 0 Å². The number of nitrogens with two attached hydrogens (primary N) is 1. The van der Waals surface area contributed by atoms with Crippen molar-refractivity contribution in [3.05, 3.63) is 36.0 Å². The lowest BCUT2D eigenvalue weighted by molar-refractivity contribution is 0.195. The summed E-state index contributed by atoms with van der Waals surface area (Å²) >= 11 is 0. The van der Waals surface area contributed by atoms with Crippen LogP contribution in [0.4, 0.5) is 11.6 Å². The number of hydrogen-bond donors (Lipinski definition) is 3. The van der Waals surface area contributed by atoms with Crippen molar-refractivity contribution in [1.82, 2.24) is 15.2 Å². The van der Waals surface area contributed by atoms with Gasteiger partial charge in [0.2, 0.25) is 0 Å². The van der Waals surface area contributed by atoms with E-state index in [2.05, 4.69) is 65.2 Å². The van der Waals surface area contributed by atoms with Gasteiger partial charge in [0.15, 0.2) is 5.82 Å². The van der Waals surface area contributed by atoms with Crippen molar-refractivity contribution in [1.29, 1.82) is 0 Å². The normalized spacial score (nSPS) is 16.8. The molecular formula is C22H25N5O. The molecule has 0 spiro atoms. The number of aromatic nitrogens is 3. The van der Waals surface area contributed by atoms with Gasteiger partial charge >= 0.3 is 0 Å². The number of aromatic amines is 1. The summed E-state index contributed by atoms with van der Waals surface area (Å²) in [4.78, 5) is 4.45. The van der Waals surface area contributed by atoms with Crippen molar-refractivity contribution < 1.29 is 4.74 Å². The van der Waals surface area contributed by atoms with Crippen molar-refractivity contribution in [2.24, 2.45) is 5.41 Å². The first-order valence-electron chi connectivity index (χ1n) is 9.50. The fourth-order valence-electron chi connectivity index (χ4n) is 3.21. The van der Waals surface area contributed by atoms with Crippen molar-refractivity contribution in [3.63, 3.8) is 0 Å². The second-order valence-electron chi connectivity index (χ2n) is 8.19. The molecular weight excluding hydrogens is 350 g/mol. The number of nitrogens with zero attached hydrogens (tertiary/aromatic N) is 2. The van der Waals surface area contributed by atoms with Crippen LogP contribution in [0.3, 0.4) is 0 Å². The summed E-state index contributed by atoms with van der Waals surface area (Å²) in [5, 5.41) is 11.5. The van der Waals surface area contributed by atoms with E-state index in [0.717, 1.165) is 53.0 Å². The molecule has 1 atom stereocenters. The largest absolute Gasteiger partial charge is 0.382 e. The monoisotopic (exact) mass is 375 g/mol. The first kappa shape index (κ1) is 18.3. The highest BCUT2D eigenvalue weighted by atomic mass is 16.5. The van der Waals surface area contributed by atoms with Crippen LogP contribution in [-0.2, 0) is 4.74 Å². The highest BCUT2D eigenvalue weighted by molar-refractivity contribution is 5.96. The van der Waals surface area contributed by atoms with Crippen LogP contribution in [-0.4, -0.2) is 34.4 Å². The Morgan fingerprint density at radius 2 is 2.11 bits per heavy atom. The quantitative estimate of drug-likeness (QED) is 0.606. The molecule has 6 heteroatoms. The molecule has 0 amide bonds. The van der Waals surface area contributed by atoms with Gasteiger partial charge in [0.25, 0.3) is 0 Å². The van der Waals surface area contributed by atoms with E-state index in [1.807, 2.05) is 18.3 Å². The summed E-state index contributed by atoms with van der Waals surface area (Å²) in [5.74, 6) is 7.92. The van der Waals surface area contributed by atoms with Crippen LogP contribution < -0.4 is 11.1 Å². The molecule has 1 aliphatic heterocycles. The van der Waals surface area contributed by atoms with E-state index in [1.165, 1.54) is 0 Å². The van der Waals surface area contributed by atoms with Gasteiger partial charge in [-0.1, -0.05) is 11.8 Å². The number of hydrogen-bond acceptors (Lipinski definition) is 5. The number of ether oxygens (including phenoxy) is 1. The molecule has 4 rings (SSSR count). The zero-order valence-corrected chi connectivity index (χ0v) is 16.5. The summed E-state index contributed by atoms with van der Waals surface area (Å²) in [7, 11) is 0. The van der Waals surface area contributed by atoms with Gasteiger partial charge in [0.05, 0.1) is 23.7 Å². The fraction of sp³-hybridized carbons (Fsp3) is 0.364. The summed E-state index contributed by atoms with van der Waals surface area (Å²) in [6, 6.07) is 8.49. The maximum Gasteiger partial charge on any atom is 0.153 e. The number of H-pyrrole nitrogens is 1. The average Bonchev–Trinajstić information content (AvgIpc) is 3.29. The van der Waals surface area contributed by atoms with E-state index in [4.69, 9.17) is 10.5 Å². The van der Waals surface area contributed by atoms with E-state index in [1.54, 1.807) is 0 Å². The van der Waals surface area contributed by atoms with Crippen molar-refractivity contribution in [2.45, 2.75) is 33.2 Å². The van der Waals surface area contributed by atoms with E-state index in [-0.39, 0.29) is 5.41 Å². The maximum absolute atomic E-state index is 6.08. The zero-order valence-electron chi connectivity index (χ0n) is 16.5. The Bertz CT molecular complexity index is 1060. The summed E-state index contributed by atoms with van der Waals surface area (Å²) < 4.78 is 5.44. The molecule has 0 aliphatic carbocycles. The molecule has 1 fully saturated rings. The van der Waals surface area contributed by atoms with Crippen molar-refractivity contribution >= 4 is 22.5 Å². The van der Waals surface area contributed by atoms with Crippen LogP contribution >= 0.6 is 0 Å². The Kier molecular flexibility index (Phi) is 4.70. The highest BCUT2D eigenvalue weighted by Crippen LogP contribution is 2.30. The third kappa shape index (κ3) is 3.95. The second kappa shape index (κ2) is 7.17. The number of fused-ring (bicyclic) bond motifs is 1. The van der Waals surface area contributed by atoms with E-state index in [0.29, 0.717) is 11.9 Å². The van der Waals surface area contributed by atoms with Gasteiger partial charge in [-0.15, -0.1) is 0 Å². The lowest BCUT2D eigenvalue weighted by Gasteiger charge is -2.12. The molecule has 3 aromatic rings. The minimum Gasteiger partial charge on any atom is -0.382 e. The Morgan fingerprint density at radius 3 is 2.86 bits per heavy atom. The molecule has 28 heavy (non-hydrogen) atoms. The Balaban J connectivity index is 1.76. The van der Waals surface area contributed by atoms with Crippen molar-refractivity contribution in [2.75, 3.05) is 24.3 Å². The molecule has 4 N–H and O–H groups in total. The van der Waals surface area contributed by atoms with Gasteiger partial charge in [0.1, 0.15) is 5.82 Å². The van der Waals surface area contributed by atoms with Gasteiger partial charge in [-0.05, 0) is 62.6 Å². The molecule has 6 nitrogen and oxygen atoms in total. The molecule has 0 bridgehead atoms. The lowest BCUT2D eigenvalue weighted by Crippen LogP contribution is -2.19. The van der Waals surface area contributed by atoms with E-state index in [9.17, 15) is 0 Å². The first-order chi connectivity index (χ1) is 13.4. The number of pyridine rings is 1. The molecule has 1 aromatic carbocycles. The van der Waals surface area contributed by atoms with Crippen LogP contribution in [0.25, 0.3) is 22.0 Å². The maximum atomic E-state index is 6.08. The van der Waals surface area contributed by atoms with Gasteiger partial charge in [-0.3, -0.25) is 5.10 Å². The Morgan fingerprint density at radius 1 is 1.25 bits per heavy atom. The van der Waals surface area contributed by atoms with E-state index >= 15 is 0 Å². The van der Waals surface area contributed by atoms with Gasteiger partial charge in [0, 0.05) is 23.6 Å². The van der Waals surface area contributed by atoms with Gasteiger partial charge in [-0.2, -0.15) is 5.10 Å². The minimum atomic E-state index is -0.0923. The Hall–Kier alpha value is -3.04. The minimum absolute atomic E-state index is 0.0923. The average molecular weight is 375 g/mol. The number of nitrogen functional groups attached to an aromatic ring is 1. The second-order valence-corrected chi connectivity index (χ2v) is 8.19. The standard InChI is InChI=1S/C22H25N5O/c1-22(2,3)7-4-15-10-16(11-18-20(15)26-27-21(18)23)14-5-8-24-19(12-14)25-17-6-9-28-13-17/h5,8,10-12,17H,6,9,13H2,1-3H3,(H,24,25)(H3,23,26,27). The number of rotatable bonds is 3. The summed E-state index contributed by atoms with van der Waals surface area (Å²) in [5.41, 5.74) is 9.84. The third-order valence-corrected chi connectivity index (χ3v) is 4.65. The predicted octanol–water partition coefficient (Wildman–Crippen LogP) is 3.81. The third-order valence-electron chi connectivity index (χ3n) is 4.65. The topological polar surface area (TPSA) is 88.8 Å². The molecule has 0 radical (unpaired) electrons. The number of nitrogens with one attached hydrogen (secondary N) is 2. The first-order valence-corrected chi connectivity index (χ1v) is 9.50. The van der Waals surface area contributed by atoms with Crippen LogP contribution in [0.1, 0.15) is 32.8 Å². The van der Waals surface area contributed by atoms with Gasteiger partial charge in [-0.25, -0.2) is 4.98 Å². The Labute approximate surface area is 164 Å². The zero-order chi connectivity index (χ0) is 19.7. The molecule has 144 valence electrons. The lowest BCUT2D eigenvalue weighted by atomic mass is 9.96. The van der Waals surface area contributed by atoms with Gasteiger partial charge < -0.3 is 15.8 Å². The van der Waals surface area contributed by atoms with Crippen LogP contribution in [0.2, 0.25) is 0 Å². The molecule has 1 unspecified atom stereocenters. The molecule has 0 saturated carbocycles. The predicted molar refractivity (Wildman–Crippen MR) is 113 cm³/mol. The smallest absolute Gasteiger partial charge is 0.153 e. The van der Waals surface area contributed by atoms with Crippen LogP contribution in [0.15, 0.2) is 30.5 Å². The molecule has 1 aliphatic rings. The van der Waals surface area contributed by atoms with Crippen molar-refractivity contribution in [3.8, 4) is 23.0 Å². The SMILES string of the molecule is CC(C)(C)C#Cc1cc(-c2ccnc(NC3CCOC3)c2)cc2c(N)n[nH]c12. The highest BCUT2D eigenvalue weighted by Gasteiger charge is 2.16. The molecule has 1 saturated heterocycles. The summed E-state index contributed by atoms with van der Waals surface area (Å²) in [6.07, 6.45) is 2.81. The summed E-state index contributed by atoms with van der Waals surface area (Å²) in [6.45, 7) is 7.79. The number of benzene rings is 1. The molecule has 2 aromatic heterocycles.